The Bertz CT molecular complexity index is 411. The molecule has 0 bridgehead atoms. The average molecular weight is 278 g/mol. The molecule has 0 aliphatic carbocycles. The molecule has 20 heavy (non-hydrogen) atoms. The maximum atomic E-state index is 12.3. The lowest BCUT2D eigenvalue weighted by Crippen LogP contribution is -2.41. The van der Waals surface area contributed by atoms with Gasteiger partial charge in [-0.15, -0.1) is 6.58 Å². The van der Waals surface area contributed by atoms with E-state index in [1.165, 1.54) is 0 Å². The number of amides is 1. The molecule has 0 saturated carbocycles. The smallest absolute Gasteiger partial charge is 0.237 e. The van der Waals surface area contributed by atoms with E-state index in [2.05, 4.69) is 11.9 Å². The van der Waals surface area contributed by atoms with E-state index in [9.17, 15) is 4.79 Å². The summed E-state index contributed by atoms with van der Waals surface area (Å²) in [5.41, 5.74) is 0. The summed E-state index contributed by atoms with van der Waals surface area (Å²) in [5.74, 6) is 0.846. The van der Waals surface area contributed by atoms with Crippen LogP contribution >= 0.6 is 0 Å². The van der Waals surface area contributed by atoms with Gasteiger partial charge in [-0.2, -0.15) is 0 Å². The Labute approximate surface area is 119 Å². The van der Waals surface area contributed by atoms with Crippen LogP contribution < -0.4 is 5.32 Å². The lowest BCUT2D eigenvalue weighted by molar-refractivity contribution is -0.132. The summed E-state index contributed by atoms with van der Waals surface area (Å²) in [6.07, 6.45) is 5.60. The topological polar surface area (TPSA) is 54.7 Å². The van der Waals surface area contributed by atoms with Gasteiger partial charge in [0.1, 0.15) is 5.76 Å². The Hall–Kier alpha value is -1.59. The monoisotopic (exact) mass is 278 g/mol. The van der Waals surface area contributed by atoms with E-state index >= 15 is 0 Å². The van der Waals surface area contributed by atoms with Crippen molar-refractivity contribution in [3.8, 4) is 0 Å². The first kappa shape index (κ1) is 14.8. The Morgan fingerprint density at radius 1 is 1.60 bits per heavy atom. The highest BCUT2D eigenvalue weighted by atomic mass is 16.5. The van der Waals surface area contributed by atoms with E-state index < -0.39 is 0 Å². The summed E-state index contributed by atoms with van der Waals surface area (Å²) in [5, 5.41) is 3.04. The first-order valence-corrected chi connectivity index (χ1v) is 7.03. The molecule has 5 nitrogen and oxygen atoms in total. The molecule has 1 atom stereocenters. The fraction of sp³-hybridized carbons (Fsp3) is 0.533. The molecule has 1 aliphatic rings. The molecular weight excluding hydrogens is 256 g/mol. The predicted molar refractivity (Wildman–Crippen MR) is 76.2 cm³/mol. The third-order valence-electron chi connectivity index (χ3n) is 3.29. The van der Waals surface area contributed by atoms with Gasteiger partial charge in [0, 0.05) is 19.7 Å². The zero-order valence-corrected chi connectivity index (χ0v) is 11.7. The van der Waals surface area contributed by atoms with Gasteiger partial charge in [0.25, 0.3) is 0 Å². The maximum absolute atomic E-state index is 12.3. The van der Waals surface area contributed by atoms with Crippen molar-refractivity contribution < 1.29 is 13.9 Å². The molecule has 1 aromatic rings. The highest BCUT2D eigenvalue weighted by Crippen LogP contribution is 2.15. The predicted octanol–water partition coefficient (Wildman–Crippen LogP) is 1.56. The largest absolute Gasteiger partial charge is 0.467 e. The van der Waals surface area contributed by atoms with Gasteiger partial charge in [-0.25, -0.2) is 0 Å². The molecule has 1 fully saturated rings. The van der Waals surface area contributed by atoms with Gasteiger partial charge in [-0.3, -0.25) is 4.79 Å². The number of nitrogens with zero attached hydrogens (tertiary/aromatic N) is 1. The summed E-state index contributed by atoms with van der Waals surface area (Å²) >= 11 is 0. The maximum Gasteiger partial charge on any atom is 0.237 e. The highest BCUT2D eigenvalue weighted by molar-refractivity contribution is 5.78. The molecule has 0 aromatic carbocycles. The molecular formula is C15H22N2O3. The van der Waals surface area contributed by atoms with Crippen molar-refractivity contribution in [2.45, 2.75) is 25.5 Å². The molecule has 1 N–H and O–H groups in total. The molecule has 1 saturated heterocycles. The van der Waals surface area contributed by atoms with E-state index in [1.807, 2.05) is 12.1 Å². The van der Waals surface area contributed by atoms with Gasteiger partial charge in [0.2, 0.25) is 5.91 Å². The van der Waals surface area contributed by atoms with Crippen LogP contribution in [0.1, 0.15) is 18.6 Å². The minimum atomic E-state index is 0.0544. The van der Waals surface area contributed by atoms with Crippen molar-refractivity contribution in [2.75, 3.05) is 26.2 Å². The molecule has 1 aromatic heterocycles. The van der Waals surface area contributed by atoms with Crippen molar-refractivity contribution in [3.63, 3.8) is 0 Å². The SMILES string of the molecule is C=CCNCC(=O)N(Cc1ccco1)CC1CCCO1. The van der Waals surface area contributed by atoms with Gasteiger partial charge >= 0.3 is 0 Å². The first-order chi connectivity index (χ1) is 9.79. The van der Waals surface area contributed by atoms with Crippen LogP contribution in [0.25, 0.3) is 0 Å². The summed E-state index contributed by atoms with van der Waals surface area (Å²) < 4.78 is 11.0. The van der Waals surface area contributed by atoms with Crippen LogP contribution in [0.2, 0.25) is 0 Å². The minimum Gasteiger partial charge on any atom is -0.467 e. The van der Waals surface area contributed by atoms with E-state index in [1.54, 1.807) is 17.2 Å². The number of furan rings is 1. The fourth-order valence-corrected chi connectivity index (χ4v) is 2.27. The van der Waals surface area contributed by atoms with Gasteiger partial charge < -0.3 is 19.4 Å². The van der Waals surface area contributed by atoms with Crippen molar-refractivity contribution in [1.29, 1.82) is 0 Å². The van der Waals surface area contributed by atoms with Crippen molar-refractivity contribution in [3.05, 3.63) is 36.8 Å². The van der Waals surface area contributed by atoms with E-state index in [0.717, 1.165) is 25.2 Å². The van der Waals surface area contributed by atoms with Gasteiger partial charge in [-0.05, 0) is 25.0 Å². The van der Waals surface area contributed by atoms with Crippen molar-refractivity contribution in [2.24, 2.45) is 0 Å². The Balaban J connectivity index is 1.90. The quantitative estimate of drug-likeness (QED) is 0.579. The lowest BCUT2D eigenvalue weighted by Gasteiger charge is -2.24. The second-order valence-electron chi connectivity index (χ2n) is 4.91. The number of carbonyl (C=O) groups is 1. The highest BCUT2D eigenvalue weighted by Gasteiger charge is 2.23. The Morgan fingerprint density at radius 3 is 3.15 bits per heavy atom. The molecule has 5 heteroatoms. The second-order valence-corrected chi connectivity index (χ2v) is 4.91. The summed E-state index contributed by atoms with van der Waals surface area (Å²) in [6, 6.07) is 3.72. The normalized spacial score (nSPS) is 18.1. The zero-order chi connectivity index (χ0) is 14.2. The van der Waals surface area contributed by atoms with Crippen molar-refractivity contribution in [1.82, 2.24) is 10.2 Å². The molecule has 2 heterocycles. The summed E-state index contributed by atoms with van der Waals surface area (Å²) in [4.78, 5) is 14.1. The molecule has 0 radical (unpaired) electrons. The van der Waals surface area contributed by atoms with Crippen LogP contribution in [0.15, 0.2) is 35.5 Å². The summed E-state index contributed by atoms with van der Waals surface area (Å²) in [6.45, 7) is 6.46. The third-order valence-corrected chi connectivity index (χ3v) is 3.29. The number of rotatable bonds is 8. The van der Waals surface area contributed by atoms with Gasteiger partial charge in [0.05, 0.1) is 25.5 Å². The van der Waals surface area contributed by atoms with Crippen LogP contribution in [-0.2, 0) is 16.1 Å². The zero-order valence-electron chi connectivity index (χ0n) is 11.7. The molecule has 110 valence electrons. The van der Waals surface area contributed by atoms with Gasteiger partial charge in [0.15, 0.2) is 0 Å². The third kappa shape index (κ3) is 4.51. The molecule has 1 amide bonds. The second kappa shape index (κ2) is 7.87. The van der Waals surface area contributed by atoms with Crippen molar-refractivity contribution >= 4 is 5.91 Å². The van der Waals surface area contributed by atoms with E-state index in [4.69, 9.17) is 9.15 Å². The number of ether oxygens (including phenoxy) is 1. The molecule has 0 spiro atoms. The Kier molecular flexibility index (Phi) is 5.83. The van der Waals surface area contributed by atoms with Crippen LogP contribution in [-0.4, -0.2) is 43.2 Å². The van der Waals surface area contributed by atoms with Gasteiger partial charge in [-0.1, -0.05) is 6.08 Å². The number of nitrogens with one attached hydrogen (secondary N) is 1. The van der Waals surface area contributed by atoms with E-state index in [-0.39, 0.29) is 12.0 Å². The van der Waals surface area contributed by atoms with Crippen LogP contribution in [0.5, 0.6) is 0 Å². The van der Waals surface area contributed by atoms with Crippen LogP contribution in [0.4, 0.5) is 0 Å². The number of carbonyl (C=O) groups excluding carboxylic acids is 1. The fourth-order valence-electron chi connectivity index (χ4n) is 2.27. The standard InChI is InChI=1S/C15H22N2O3/c1-2-7-16-10-15(18)17(11-13-5-3-8-19-13)12-14-6-4-9-20-14/h2-3,5,8,14,16H,1,4,6-7,9-12H2. The van der Waals surface area contributed by atoms with E-state index in [0.29, 0.717) is 26.2 Å². The molecule has 1 unspecified atom stereocenters. The van der Waals surface area contributed by atoms with Crippen LogP contribution in [0, 0.1) is 0 Å². The molecule has 1 aliphatic heterocycles. The molecule has 2 rings (SSSR count). The lowest BCUT2D eigenvalue weighted by atomic mass is 10.2. The number of hydrogen-bond acceptors (Lipinski definition) is 4. The first-order valence-electron chi connectivity index (χ1n) is 7.03. The average Bonchev–Trinajstić information content (AvgIpc) is 3.11. The minimum absolute atomic E-state index is 0.0544. The Morgan fingerprint density at radius 2 is 2.50 bits per heavy atom. The van der Waals surface area contributed by atoms with Crippen LogP contribution in [0.3, 0.4) is 0 Å². The summed E-state index contributed by atoms with van der Waals surface area (Å²) in [7, 11) is 0. The number of hydrogen-bond donors (Lipinski definition) is 1.